The fourth-order valence-corrected chi connectivity index (χ4v) is 1.17. The first-order valence-corrected chi connectivity index (χ1v) is 4.40. The van der Waals surface area contributed by atoms with Gasteiger partial charge in [-0.2, -0.15) is 0 Å². The van der Waals surface area contributed by atoms with Gasteiger partial charge in [0.1, 0.15) is 6.23 Å². The molecule has 0 spiro atoms. The highest BCUT2D eigenvalue weighted by Crippen LogP contribution is 2.04. The molecule has 0 aliphatic rings. The first-order valence-electron chi connectivity index (χ1n) is 3.99. The second-order valence-corrected chi connectivity index (χ2v) is 3.05. The highest BCUT2D eigenvalue weighted by molar-refractivity contribution is 7.80. The van der Waals surface area contributed by atoms with Crippen LogP contribution in [0.1, 0.15) is 6.92 Å². The average molecular weight is 196 g/mol. The third-order valence-corrected chi connectivity index (χ3v) is 1.59. The summed E-state index contributed by atoms with van der Waals surface area (Å²) in [6.07, 6.45) is -0.635. The third kappa shape index (κ3) is 3.87. The molecule has 1 unspecified atom stereocenters. The quantitative estimate of drug-likeness (QED) is 0.493. The van der Waals surface area contributed by atoms with Crippen LogP contribution < -0.4 is 10.6 Å². The van der Waals surface area contributed by atoms with Gasteiger partial charge in [0.2, 0.25) is 0 Å². The fourth-order valence-electron chi connectivity index (χ4n) is 0.878. The van der Waals surface area contributed by atoms with Crippen LogP contribution in [0.15, 0.2) is 30.3 Å². The molecule has 1 rings (SSSR count). The zero-order chi connectivity index (χ0) is 9.68. The molecule has 0 bridgehead atoms. The second-order valence-electron chi connectivity index (χ2n) is 2.64. The summed E-state index contributed by atoms with van der Waals surface area (Å²) in [4.78, 5) is 0. The van der Waals surface area contributed by atoms with E-state index in [-0.39, 0.29) is 0 Å². The smallest absolute Gasteiger partial charge is 0.172 e. The van der Waals surface area contributed by atoms with Crippen molar-refractivity contribution in [3.05, 3.63) is 30.3 Å². The molecule has 0 fully saturated rings. The number of benzene rings is 1. The number of para-hydroxylation sites is 1. The lowest BCUT2D eigenvalue weighted by Crippen LogP contribution is -2.35. The monoisotopic (exact) mass is 196 g/mol. The van der Waals surface area contributed by atoms with Gasteiger partial charge in [-0.05, 0) is 31.3 Å². The number of anilines is 1. The molecule has 0 radical (unpaired) electrons. The van der Waals surface area contributed by atoms with E-state index in [9.17, 15) is 0 Å². The number of thiocarbonyl (C=S) groups is 1. The van der Waals surface area contributed by atoms with E-state index in [1.807, 2.05) is 30.3 Å². The predicted molar refractivity (Wildman–Crippen MR) is 57.5 cm³/mol. The average Bonchev–Trinajstić information content (AvgIpc) is 2.04. The normalized spacial score (nSPS) is 11.8. The Morgan fingerprint density at radius 1 is 1.38 bits per heavy atom. The van der Waals surface area contributed by atoms with E-state index >= 15 is 0 Å². The lowest BCUT2D eigenvalue weighted by Gasteiger charge is -2.11. The molecule has 0 aliphatic heterocycles. The van der Waals surface area contributed by atoms with Crippen LogP contribution in [0.2, 0.25) is 0 Å². The van der Waals surface area contributed by atoms with Crippen LogP contribution in [0.4, 0.5) is 5.69 Å². The van der Waals surface area contributed by atoms with E-state index in [1.54, 1.807) is 6.92 Å². The van der Waals surface area contributed by atoms with E-state index in [0.29, 0.717) is 5.11 Å². The molecule has 70 valence electrons. The van der Waals surface area contributed by atoms with Crippen molar-refractivity contribution in [2.24, 2.45) is 0 Å². The van der Waals surface area contributed by atoms with Gasteiger partial charge in [0.25, 0.3) is 0 Å². The zero-order valence-corrected chi connectivity index (χ0v) is 8.14. The Labute approximate surface area is 82.8 Å². The molecule has 0 saturated heterocycles. The highest BCUT2D eigenvalue weighted by Gasteiger charge is 1.98. The van der Waals surface area contributed by atoms with E-state index in [4.69, 9.17) is 17.3 Å². The molecular weight excluding hydrogens is 184 g/mol. The van der Waals surface area contributed by atoms with Crippen LogP contribution in [0, 0.1) is 0 Å². The Kier molecular flexibility index (Phi) is 3.67. The Hall–Kier alpha value is -1.13. The van der Waals surface area contributed by atoms with E-state index in [2.05, 4.69) is 10.6 Å². The van der Waals surface area contributed by atoms with Gasteiger partial charge in [0.15, 0.2) is 5.11 Å². The second kappa shape index (κ2) is 4.79. The Morgan fingerprint density at radius 3 is 2.54 bits per heavy atom. The van der Waals surface area contributed by atoms with Crippen LogP contribution in [0.3, 0.4) is 0 Å². The molecule has 4 heteroatoms. The molecule has 3 nitrogen and oxygen atoms in total. The standard InChI is InChI=1S/C9H12N2OS/c1-7(12)10-9(13)11-8-5-3-2-4-6-8/h2-7,12H,1H3,(H2,10,11,13). The molecule has 0 aromatic heterocycles. The van der Waals surface area contributed by atoms with Crippen LogP contribution in [-0.2, 0) is 0 Å². The van der Waals surface area contributed by atoms with Crippen LogP contribution in [0.5, 0.6) is 0 Å². The summed E-state index contributed by atoms with van der Waals surface area (Å²) >= 11 is 4.93. The first-order chi connectivity index (χ1) is 6.18. The summed E-state index contributed by atoms with van der Waals surface area (Å²) in [5.41, 5.74) is 0.903. The summed E-state index contributed by atoms with van der Waals surface area (Å²) in [6, 6.07) is 9.54. The molecule has 0 aliphatic carbocycles. The topological polar surface area (TPSA) is 44.3 Å². The molecule has 0 heterocycles. The minimum absolute atomic E-state index is 0.418. The Morgan fingerprint density at radius 2 is 2.00 bits per heavy atom. The van der Waals surface area contributed by atoms with Crippen molar-refractivity contribution < 1.29 is 5.11 Å². The Bertz CT molecular complexity index is 274. The molecule has 0 amide bonds. The maximum Gasteiger partial charge on any atom is 0.172 e. The number of hydrogen-bond acceptors (Lipinski definition) is 2. The van der Waals surface area contributed by atoms with Gasteiger partial charge in [-0.3, -0.25) is 0 Å². The van der Waals surface area contributed by atoms with Gasteiger partial charge in [0.05, 0.1) is 0 Å². The maximum absolute atomic E-state index is 8.96. The van der Waals surface area contributed by atoms with Crippen LogP contribution in [0.25, 0.3) is 0 Å². The summed E-state index contributed by atoms with van der Waals surface area (Å²) in [6.45, 7) is 1.61. The number of rotatable bonds is 2. The van der Waals surface area contributed by atoms with Crippen LogP contribution >= 0.6 is 12.2 Å². The van der Waals surface area contributed by atoms with Crippen molar-refractivity contribution in [2.75, 3.05) is 5.32 Å². The SMILES string of the molecule is CC(O)NC(=S)Nc1ccccc1. The fraction of sp³-hybridized carbons (Fsp3) is 0.222. The van der Waals surface area contributed by atoms with Gasteiger partial charge in [-0.1, -0.05) is 18.2 Å². The van der Waals surface area contributed by atoms with Gasteiger partial charge >= 0.3 is 0 Å². The molecule has 1 atom stereocenters. The summed E-state index contributed by atoms with van der Waals surface area (Å²) < 4.78 is 0. The van der Waals surface area contributed by atoms with Gasteiger partial charge in [0, 0.05) is 5.69 Å². The van der Waals surface area contributed by atoms with Crippen molar-refractivity contribution >= 4 is 23.0 Å². The van der Waals surface area contributed by atoms with Crippen molar-refractivity contribution in [1.29, 1.82) is 0 Å². The van der Waals surface area contributed by atoms with Gasteiger partial charge < -0.3 is 15.7 Å². The predicted octanol–water partition coefficient (Wildman–Crippen LogP) is 1.31. The molecule has 1 aromatic carbocycles. The van der Waals surface area contributed by atoms with Crippen molar-refractivity contribution in [3.8, 4) is 0 Å². The summed E-state index contributed by atoms with van der Waals surface area (Å²) in [7, 11) is 0. The zero-order valence-electron chi connectivity index (χ0n) is 7.32. The van der Waals surface area contributed by atoms with Crippen LogP contribution in [-0.4, -0.2) is 16.4 Å². The molecule has 13 heavy (non-hydrogen) atoms. The first kappa shape index (κ1) is 9.95. The number of aliphatic hydroxyl groups excluding tert-OH is 1. The lowest BCUT2D eigenvalue weighted by molar-refractivity contribution is 0.181. The summed E-state index contributed by atoms with van der Waals surface area (Å²) in [5.74, 6) is 0. The molecular formula is C9H12N2OS. The Balaban J connectivity index is 2.46. The number of aliphatic hydroxyl groups is 1. The van der Waals surface area contributed by atoms with E-state index in [0.717, 1.165) is 5.69 Å². The highest BCUT2D eigenvalue weighted by atomic mass is 32.1. The molecule has 0 saturated carbocycles. The van der Waals surface area contributed by atoms with Gasteiger partial charge in [-0.15, -0.1) is 0 Å². The molecule has 1 aromatic rings. The lowest BCUT2D eigenvalue weighted by atomic mass is 10.3. The number of nitrogens with one attached hydrogen (secondary N) is 2. The third-order valence-electron chi connectivity index (χ3n) is 1.37. The van der Waals surface area contributed by atoms with Crippen molar-refractivity contribution in [3.63, 3.8) is 0 Å². The summed E-state index contributed by atoms with van der Waals surface area (Å²) in [5, 5.41) is 15.0. The van der Waals surface area contributed by atoms with Crippen molar-refractivity contribution in [1.82, 2.24) is 5.32 Å². The molecule has 3 N–H and O–H groups in total. The number of hydrogen-bond donors (Lipinski definition) is 3. The van der Waals surface area contributed by atoms with E-state index < -0.39 is 6.23 Å². The maximum atomic E-state index is 8.96. The minimum Gasteiger partial charge on any atom is -0.374 e. The van der Waals surface area contributed by atoms with Gasteiger partial charge in [-0.25, -0.2) is 0 Å². The largest absolute Gasteiger partial charge is 0.374 e. The van der Waals surface area contributed by atoms with Crippen molar-refractivity contribution in [2.45, 2.75) is 13.2 Å². The van der Waals surface area contributed by atoms with E-state index in [1.165, 1.54) is 0 Å². The minimum atomic E-state index is -0.635.